The average Bonchev–Trinajstić information content (AvgIpc) is 2.90. The minimum Gasteiger partial charge on any atom is -0.479 e. The van der Waals surface area contributed by atoms with E-state index < -0.39 is 18.0 Å². The highest BCUT2D eigenvalue weighted by Crippen LogP contribution is 2.34. The minimum absolute atomic E-state index is 0.315. The van der Waals surface area contributed by atoms with Crippen LogP contribution in [-0.4, -0.2) is 24.2 Å². The molecule has 6 nitrogen and oxygen atoms in total. The summed E-state index contributed by atoms with van der Waals surface area (Å²) in [6, 6.07) is 24.0. The van der Waals surface area contributed by atoms with Crippen molar-refractivity contribution in [2.45, 2.75) is 26.4 Å². The number of nitrogens with zero attached hydrogens (tertiary/aromatic N) is 1. The number of rotatable bonds is 8. The topological polar surface area (TPSA) is 77.0 Å². The Morgan fingerprint density at radius 2 is 1.70 bits per heavy atom. The van der Waals surface area contributed by atoms with Crippen molar-refractivity contribution in [2.75, 3.05) is 0 Å². The Hall–Kier alpha value is -3.49. The minimum atomic E-state index is -0.754. The predicted octanol–water partition coefficient (Wildman–Crippen LogP) is 7.20. The molecule has 0 aromatic heterocycles. The summed E-state index contributed by atoms with van der Waals surface area (Å²) < 4.78 is 13.2. The van der Waals surface area contributed by atoms with Gasteiger partial charge in [-0.05, 0) is 76.4 Å². The number of halogens is 2. The molecule has 0 bridgehead atoms. The molecule has 4 rings (SSSR count). The fourth-order valence-electron chi connectivity index (χ4n) is 3.58. The highest BCUT2D eigenvalue weighted by molar-refractivity contribution is 9.11. The van der Waals surface area contributed by atoms with Crippen molar-refractivity contribution in [2.24, 2.45) is 5.10 Å². The van der Waals surface area contributed by atoms with Gasteiger partial charge in [0.15, 0.2) is 6.10 Å². The van der Waals surface area contributed by atoms with Crippen LogP contribution < -0.4 is 14.9 Å². The van der Waals surface area contributed by atoms with Crippen LogP contribution in [0.2, 0.25) is 0 Å². The Bertz CT molecular complexity index is 1470. The van der Waals surface area contributed by atoms with Gasteiger partial charge < -0.3 is 9.47 Å². The van der Waals surface area contributed by atoms with Gasteiger partial charge in [0.1, 0.15) is 11.5 Å². The standard InChI is InChI=1S/C29H24Br2N2O4/c1-3-24(36-26-14-12-19-6-4-5-7-23(19)27(26)31)28(34)33-32-17-21-16-22(30)13-15-25(21)37-29(35)20-10-8-18(2)9-11-20/h4-17,24H,3H2,1-2H3,(H,33,34)/b32-17-/t24-/m0/s1. The number of aryl methyl sites for hydroxylation is 1. The van der Waals surface area contributed by atoms with Crippen molar-refractivity contribution in [3.05, 3.63) is 104 Å². The normalized spacial score (nSPS) is 11.9. The van der Waals surface area contributed by atoms with Crippen molar-refractivity contribution in [3.63, 3.8) is 0 Å². The number of carbonyl (C=O) groups excluding carboxylic acids is 2. The van der Waals surface area contributed by atoms with E-state index in [0.29, 0.717) is 29.0 Å². The SMILES string of the molecule is CC[C@H](Oc1ccc2ccccc2c1Br)C(=O)N/N=C\c1cc(Br)ccc1OC(=O)c1ccc(C)cc1. The summed E-state index contributed by atoms with van der Waals surface area (Å²) in [4.78, 5) is 25.4. The van der Waals surface area contributed by atoms with Gasteiger partial charge in [-0.1, -0.05) is 70.9 Å². The third-order valence-corrected chi connectivity index (χ3v) is 6.91. The summed E-state index contributed by atoms with van der Waals surface area (Å²) >= 11 is 7.01. The molecule has 1 amide bonds. The number of amides is 1. The first-order valence-electron chi connectivity index (χ1n) is 11.6. The number of hydrazone groups is 1. The van der Waals surface area contributed by atoms with E-state index in [1.807, 2.05) is 62.4 Å². The second-order valence-electron chi connectivity index (χ2n) is 8.29. The number of esters is 1. The van der Waals surface area contributed by atoms with Gasteiger partial charge >= 0.3 is 5.97 Å². The first-order valence-corrected chi connectivity index (χ1v) is 13.2. The molecule has 4 aromatic rings. The number of ether oxygens (including phenoxy) is 2. The van der Waals surface area contributed by atoms with Crippen LogP contribution in [0.25, 0.3) is 10.8 Å². The van der Waals surface area contributed by atoms with Gasteiger partial charge in [0, 0.05) is 10.0 Å². The molecule has 0 spiro atoms. The molecule has 8 heteroatoms. The third kappa shape index (κ3) is 6.64. The number of carbonyl (C=O) groups is 2. The van der Waals surface area contributed by atoms with E-state index in [0.717, 1.165) is 25.3 Å². The highest BCUT2D eigenvalue weighted by Gasteiger charge is 2.20. The van der Waals surface area contributed by atoms with E-state index in [9.17, 15) is 9.59 Å². The van der Waals surface area contributed by atoms with Gasteiger partial charge in [0.05, 0.1) is 16.3 Å². The zero-order chi connectivity index (χ0) is 26.4. The molecule has 0 saturated heterocycles. The maximum atomic E-state index is 12.8. The summed E-state index contributed by atoms with van der Waals surface area (Å²) in [6.45, 7) is 3.81. The van der Waals surface area contributed by atoms with E-state index in [1.165, 1.54) is 6.21 Å². The molecular weight excluding hydrogens is 600 g/mol. The Morgan fingerprint density at radius 3 is 2.46 bits per heavy atom. The lowest BCUT2D eigenvalue weighted by molar-refractivity contribution is -0.128. The fraction of sp³-hybridized carbons (Fsp3) is 0.138. The van der Waals surface area contributed by atoms with Crippen molar-refractivity contribution < 1.29 is 19.1 Å². The lowest BCUT2D eigenvalue weighted by Crippen LogP contribution is -2.35. The average molecular weight is 624 g/mol. The quantitative estimate of drug-likeness (QED) is 0.0974. The number of hydrogen-bond acceptors (Lipinski definition) is 5. The van der Waals surface area contributed by atoms with E-state index >= 15 is 0 Å². The molecule has 0 aliphatic heterocycles. The first-order chi connectivity index (χ1) is 17.9. The molecule has 0 aliphatic rings. The molecule has 0 fully saturated rings. The zero-order valence-electron chi connectivity index (χ0n) is 20.2. The summed E-state index contributed by atoms with van der Waals surface area (Å²) in [5, 5.41) is 6.15. The summed E-state index contributed by atoms with van der Waals surface area (Å²) in [6.07, 6.45) is 1.12. The van der Waals surface area contributed by atoms with Crippen molar-refractivity contribution in [3.8, 4) is 11.5 Å². The molecule has 188 valence electrons. The molecule has 0 aliphatic carbocycles. The second kappa shape index (κ2) is 12.2. The summed E-state index contributed by atoms with van der Waals surface area (Å²) in [7, 11) is 0. The van der Waals surface area contributed by atoms with E-state index in [-0.39, 0.29) is 0 Å². The molecule has 1 N–H and O–H groups in total. The molecule has 0 radical (unpaired) electrons. The second-order valence-corrected chi connectivity index (χ2v) is 9.99. The number of nitrogens with one attached hydrogen (secondary N) is 1. The van der Waals surface area contributed by atoms with Crippen LogP contribution >= 0.6 is 31.9 Å². The van der Waals surface area contributed by atoms with Gasteiger partial charge in [-0.15, -0.1) is 0 Å². The van der Waals surface area contributed by atoms with Gasteiger partial charge in [-0.3, -0.25) is 4.79 Å². The monoisotopic (exact) mass is 622 g/mol. The third-order valence-electron chi connectivity index (χ3n) is 5.60. The number of hydrogen-bond donors (Lipinski definition) is 1. The Kier molecular flexibility index (Phi) is 8.74. The Balaban J connectivity index is 1.45. The maximum absolute atomic E-state index is 12.8. The summed E-state index contributed by atoms with van der Waals surface area (Å²) in [5.74, 6) is 0.00514. The summed E-state index contributed by atoms with van der Waals surface area (Å²) in [5.41, 5.74) is 4.53. The van der Waals surface area contributed by atoms with Gasteiger partial charge in [-0.2, -0.15) is 5.10 Å². The van der Waals surface area contributed by atoms with Gasteiger partial charge in [-0.25, -0.2) is 10.2 Å². The largest absolute Gasteiger partial charge is 0.479 e. The van der Waals surface area contributed by atoms with Crippen molar-refractivity contribution >= 4 is 60.7 Å². The Labute approximate surface area is 231 Å². The Morgan fingerprint density at radius 1 is 0.973 bits per heavy atom. The lowest BCUT2D eigenvalue weighted by Gasteiger charge is -2.17. The molecule has 4 aromatic carbocycles. The first kappa shape index (κ1) is 26.6. The predicted molar refractivity (Wildman–Crippen MR) is 152 cm³/mol. The molecule has 0 heterocycles. The van der Waals surface area contributed by atoms with Gasteiger partial charge in [0.2, 0.25) is 0 Å². The van der Waals surface area contributed by atoms with Crippen LogP contribution in [0, 0.1) is 6.92 Å². The molecule has 37 heavy (non-hydrogen) atoms. The molecule has 0 saturated carbocycles. The lowest BCUT2D eigenvalue weighted by atomic mass is 10.1. The number of fused-ring (bicyclic) bond motifs is 1. The molecule has 0 unspecified atom stereocenters. The van der Waals surface area contributed by atoms with E-state index in [1.54, 1.807) is 30.3 Å². The van der Waals surface area contributed by atoms with E-state index in [4.69, 9.17) is 9.47 Å². The van der Waals surface area contributed by atoms with Crippen LogP contribution in [-0.2, 0) is 4.79 Å². The fourth-order valence-corrected chi connectivity index (χ4v) is 4.54. The number of benzene rings is 4. The van der Waals surface area contributed by atoms with Crippen LogP contribution in [0.5, 0.6) is 11.5 Å². The van der Waals surface area contributed by atoms with Crippen molar-refractivity contribution in [1.29, 1.82) is 0 Å². The smallest absolute Gasteiger partial charge is 0.343 e. The van der Waals surface area contributed by atoms with Gasteiger partial charge in [0.25, 0.3) is 5.91 Å². The molecule has 1 atom stereocenters. The van der Waals surface area contributed by atoms with Crippen LogP contribution in [0.1, 0.15) is 34.8 Å². The highest BCUT2D eigenvalue weighted by atomic mass is 79.9. The van der Waals surface area contributed by atoms with Crippen LogP contribution in [0.3, 0.4) is 0 Å². The van der Waals surface area contributed by atoms with E-state index in [2.05, 4.69) is 42.4 Å². The zero-order valence-corrected chi connectivity index (χ0v) is 23.4. The maximum Gasteiger partial charge on any atom is 0.343 e. The van der Waals surface area contributed by atoms with Crippen LogP contribution in [0.4, 0.5) is 0 Å². The molecular formula is C29H24Br2N2O4. The van der Waals surface area contributed by atoms with Crippen molar-refractivity contribution in [1.82, 2.24) is 5.43 Å². The van der Waals surface area contributed by atoms with Crippen LogP contribution in [0.15, 0.2) is 92.9 Å².